The van der Waals surface area contributed by atoms with Crippen LogP contribution in [0.25, 0.3) is 11.0 Å². The molecule has 1 aromatic heterocycles. The number of carbonyl (C=O) groups excluding carboxylic acids is 1. The number of benzene rings is 1. The monoisotopic (exact) mass is 357 g/mol. The number of aromatic nitrogens is 2. The molecule has 0 aliphatic carbocycles. The third-order valence-electron chi connectivity index (χ3n) is 3.04. The van der Waals surface area contributed by atoms with Gasteiger partial charge in [-0.3, -0.25) is 4.79 Å². The number of nitrogens with zero attached hydrogens (tertiary/aromatic N) is 2. The molecule has 0 fully saturated rings. The summed E-state index contributed by atoms with van der Waals surface area (Å²) < 4.78 is 3.00. The van der Waals surface area contributed by atoms with Crippen LogP contribution in [0.2, 0.25) is 0 Å². The Hall–Kier alpha value is -1.07. The van der Waals surface area contributed by atoms with Crippen LogP contribution in [0.3, 0.4) is 0 Å². The number of carbonyl (C=O) groups is 1. The molecule has 1 aromatic carbocycles. The second-order valence-corrected chi connectivity index (χ2v) is 5.73. The lowest BCUT2D eigenvalue weighted by Gasteiger charge is -2.08. The van der Waals surface area contributed by atoms with Crippen LogP contribution in [0, 0.1) is 0 Å². The zero-order valence-corrected chi connectivity index (χ0v) is 13.7. The van der Waals surface area contributed by atoms with Crippen molar-refractivity contribution in [2.24, 2.45) is 0 Å². The number of imidazole rings is 1. The van der Waals surface area contributed by atoms with Crippen molar-refractivity contribution in [3.8, 4) is 0 Å². The van der Waals surface area contributed by atoms with E-state index < -0.39 is 0 Å². The van der Waals surface area contributed by atoms with E-state index in [0.29, 0.717) is 18.8 Å². The third-order valence-corrected chi connectivity index (χ3v) is 3.78. The Labute approximate surface area is 131 Å². The van der Waals surface area contributed by atoms with Crippen molar-refractivity contribution in [2.75, 3.05) is 6.54 Å². The van der Waals surface area contributed by atoms with Gasteiger partial charge >= 0.3 is 0 Å². The smallest absolute Gasteiger partial charge is 0.221 e. The highest BCUT2D eigenvalue weighted by Gasteiger charge is 2.11. The Bertz CT molecular complexity index is 612. The molecule has 0 bridgehead atoms. The van der Waals surface area contributed by atoms with Crippen molar-refractivity contribution in [1.29, 1.82) is 0 Å². The summed E-state index contributed by atoms with van der Waals surface area (Å²) in [6, 6.07) is 5.92. The van der Waals surface area contributed by atoms with Crippen LogP contribution in [0.5, 0.6) is 0 Å². The van der Waals surface area contributed by atoms with Gasteiger partial charge < -0.3 is 9.88 Å². The largest absolute Gasteiger partial charge is 0.356 e. The van der Waals surface area contributed by atoms with Gasteiger partial charge in [0.05, 0.1) is 16.9 Å². The number of rotatable bonds is 6. The van der Waals surface area contributed by atoms with E-state index in [1.54, 1.807) is 0 Å². The van der Waals surface area contributed by atoms with Crippen LogP contribution < -0.4 is 5.32 Å². The first-order chi connectivity index (χ1) is 9.65. The van der Waals surface area contributed by atoms with E-state index >= 15 is 0 Å². The molecule has 6 heteroatoms. The zero-order chi connectivity index (χ0) is 14.5. The molecule has 0 aliphatic rings. The molecule has 1 N–H and O–H groups in total. The lowest BCUT2D eigenvalue weighted by molar-refractivity contribution is -0.121. The molecule has 0 saturated heterocycles. The number of alkyl halides is 1. The standard InChI is InChI=1S/C14H17BrClN3O/c1-2-6-17-14(20)5-7-19-12-4-3-10(15)8-11(12)18-13(19)9-16/h3-4,8H,2,5-7,9H2,1H3,(H,17,20). The minimum absolute atomic E-state index is 0.0614. The molecule has 20 heavy (non-hydrogen) atoms. The highest BCUT2D eigenvalue weighted by Crippen LogP contribution is 2.22. The minimum atomic E-state index is 0.0614. The van der Waals surface area contributed by atoms with Crippen LogP contribution in [-0.4, -0.2) is 22.0 Å². The van der Waals surface area contributed by atoms with E-state index in [0.717, 1.165) is 34.3 Å². The van der Waals surface area contributed by atoms with Gasteiger partial charge in [-0.05, 0) is 24.6 Å². The summed E-state index contributed by atoms with van der Waals surface area (Å²) in [5.41, 5.74) is 1.90. The number of nitrogens with one attached hydrogen (secondary N) is 1. The van der Waals surface area contributed by atoms with Gasteiger partial charge in [0.2, 0.25) is 5.91 Å². The summed E-state index contributed by atoms with van der Waals surface area (Å²) >= 11 is 9.38. The highest BCUT2D eigenvalue weighted by molar-refractivity contribution is 9.10. The quantitative estimate of drug-likeness (QED) is 0.804. The Kier molecular flexibility index (Phi) is 5.43. The minimum Gasteiger partial charge on any atom is -0.356 e. The van der Waals surface area contributed by atoms with Crippen LogP contribution in [-0.2, 0) is 17.2 Å². The Morgan fingerprint density at radius 3 is 3.00 bits per heavy atom. The number of hydrogen-bond acceptors (Lipinski definition) is 2. The molecular formula is C14H17BrClN3O. The molecule has 0 aliphatic heterocycles. The summed E-state index contributed by atoms with van der Waals surface area (Å²) in [6.45, 7) is 3.35. The van der Waals surface area contributed by atoms with Gasteiger partial charge in [0.1, 0.15) is 5.82 Å². The van der Waals surface area contributed by atoms with Gasteiger partial charge in [0.15, 0.2) is 0 Å². The molecule has 1 amide bonds. The average molecular weight is 359 g/mol. The number of halogens is 2. The molecule has 1 heterocycles. The van der Waals surface area contributed by atoms with E-state index in [-0.39, 0.29) is 5.91 Å². The fourth-order valence-electron chi connectivity index (χ4n) is 2.07. The molecule has 0 radical (unpaired) electrons. The van der Waals surface area contributed by atoms with Gasteiger partial charge in [-0.1, -0.05) is 22.9 Å². The lowest BCUT2D eigenvalue weighted by Crippen LogP contribution is -2.25. The fraction of sp³-hybridized carbons (Fsp3) is 0.429. The van der Waals surface area contributed by atoms with Gasteiger partial charge in [0.25, 0.3) is 0 Å². The van der Waals surface area contributed by atoms with E-state index in [1.165, 1.54) is 0 Å². The first kappa shape index (κ1) is 15.3. The maximum atomic E-state index is 11.7. The molecule has 0 spiro atoms. The van der Waals surface area contributed by atoms with Crippen LogP contribution in [0.15, 0.2) is 22.7 Å². The molecule has 2 rings (SSSR count). The lowest BCUT2D eigenvalue weighted by atomic mass is 10.3. The van der Waals surface area contributed by atoms with E-state index in [1.807, 2.05) is 29.7 Å². The van der Waals surface area contributed by atoms with E-state index in [4.69, 9.17) is 11.6 Å². The summed E-state index contributed by atoms with van der Waals surface area (Å²) in [5, 5.41) is 2.88. The van der Waals surface area contributed by atoms with Crippen molar-refractivity contribution in [3.63, 3.8) is 0 Å². The first-order valence-corrected chi connectivity index (χ1v) is 7.95. The topological polar surface area (TPSA) is 46.9 Å². The normalized spacial score (nSPS) is 10.9. The molecule has 108 valence electrons. The third kappa shape index (κ3) is 3.52. The van der Waals surface area contributed by atoms with Gasteiger partial charge in [0, 0.05) is 24.0 Å². The van der Waals surface area contributed by atoms with Crippen molar-refractivity contribution < 1.29 is 4.79 Å². The van der Waals surface area contributed by atoms with Gasteiger partial charge in [-0.2, -0.15) is 0 Å². The SMILES string of the molecule is CCCNC(=O)CCn1c(CCl)nc2cc(Br)ccc21. The van der Waals surface area contributed by atoms with Crippen molar-refractivity contribution in [2.45, 2.75) is 32.2 Å². The second-order valence-electron chi connectivity index (χ2n) is 4.55. The molecule has 4 nitrogen and oxygen atoms in total. The predicted octanol–water partition coefficient (Wildman–Crippen LogP) is 3.45. The number of amides is 1. The molecule has 0 atom stereocenters. The zero-order valence-electron chi connectivity index (χ0n) is 11.3. The van der Waals surface area contributed by atoms with Crippen LogP contribution in [0.1, 0.15) is 25.6 Å². The van der Waals surface area contributed by atoms with E-state index in [2.05, 4.69) is 26.2 Å². The maximum absolute atomic E-state index is 11.7. The molecule has 0 saturated carbocycles. The summed E-state index contributed by atoms with van der Waals surface area (Å²) in [4.78, 5) is 16.2. The van der Waals surface area contributed by atoms with Crippen LogP contribution >= 0.6 is 27.5 Å². The average Bonchev–Trinajstić information content (AvgIpc) is 2.79. The summed E-state index contributed by atoms with van der Waals surface area (Å²) in [5.74, 6) is 1.19. The van der Waals surface area contributed by atoms with E-state index in [9.17, 15) is 4.79 Å². The molecule has 0 unspecified atom stereocenters. The molecule has 2 aromatic rings. The number of fused-ring (bicyclic) bond motifs is 1. The fourth-order valence-corrected chi connectivity index (χ4v) is 2.62. The Balaban J connectivity index is 2.18. The first-order valence-electron chi connectivity index (χ1n) is 6.63. The number of aryl methyl sites for hydroxylation is 1. The summed E-state index contributed by atoms with van der Waals surface area (Å²) in [7, 11) is 0. The van der Waals surface area contributed by atoms with Gasteiger partial charge in [-0.25, -0.2) is 4.98 Å². The van der Waals surface area contributed by atoms with Crippen molar-refractivity contribution >= 4 is 44.5 Å². The Morgan fingerprint density at radius 1 is 1.50 bits per heavy atom. The summed E-state index contributed by atoms with van der Waals surface area (Å²) in [6.07, 6.45) is 1.38. The van der Waals surface area contributed by atoms with Crippen LogP contribution in [0.4, 0.5) is 0 Å². The predicted molar refractivity (Wildman–Crippen MR) is 84.9 cm³/mol. The van der Waals surface area contributed by atoms with Crippen molar-refractivity contribution in [1.82, 2.24) is 14.9 Å². The highest BCUT2D eigenvalue weighted by atomic mass is 79.9. The molecular weight excluding hydrogens is 342 g/mol. The second kappa shape index (κ2) is 7.09. The number of hydrogen-bond donors (Lipinski definition) is 1. The maximum Gasteiger partial charge on any atom is 0.221 e. The Morgan fingerprint density at radius 2 is 2.30 bits per heavy atom. The van der Waals surface area contributed by atoms with Crippen molar-refractivity contribution in [3.05, 3.63) is 28.5 Å². The van der Waals surface area contributed by atoms with Gasteiger partial charge in [-0.15, -0.1) is 11.6 Å².